The number of Topliss-reactive ketones (excluding diaryl/α,β-unsaturated/α-hetero) is 1. The number of rotatable bonds is 5. The number of carbonyl (C=O) groups is 1. The summed E-state index contributed by atoms with van der Waals surface area (Å²) in [7, 11) is 0.485. The number of benzene rings is 1. The Hall–Kier alpha value is -1.16. The van der Waals surface area contributed by atoms with Gasteiger partial charge in [0.1, 0.15) is 5.75 Å². The lowest BCUT2D eigenvalue weighted by molar-refractivity contribution is 0.0992. The Balaban J connectivity index is 2.84. The van der Waals surface area contributed by atoms with Crippen LogP contribution in [0.25, 0.3) is 0 Å². The standard InChI is InChI=1S/C12H16O3S/c1-4-16(14)9(2)12(13)10-5-7-11(15-3)8-6-10/h5-9H,4H2,1-3H3. The number of methoxy groups -OCH3 is 1. The predicted octanol–water partition coefficient (Wildman–Crippen LogP) is 2.04. The zero-order valence-corrected chi connectivity index (χ0v) is 10.5. The molecule has 0 spiro atoms. The van der Waals surface area contributed by atoms with E-state index in [4.69, 9.17) is 4.74 Å². The lowest BCUT2D eigenvalue weighted by Gasteiger charge is -2.09. The molecule has 0 radical (unpaired) electrons. The maximum Gasteiger partial charge on any atom is 0.178 e. The van der Waals surface area contributed by atoms with Gasteiger partial charge in [-0.1, -0.05) is 6.92 Å². The highest BCUT2D eigenvalue weighted by molar-refractivity contribution is 7.86. The van der Waals surface area contributed by atoms with E-state index in [-0.39, 0.29) is 5.78 Å². The van der Waals surface area contributed by atoms with E-state index in [0.717, 1.165) is 0 Å². The average Bonchev–Trinajstić information content (AvgIpc) is 2.36. The van der Waals surface area contributed by atoms with Gasteiger partial charge in [0.05, 0.1) is 12.4 Å². The molecule has 2 atom stereocenters. The minimum Gasteiger partial charge on any atom is -0.497 e. The zero-order chi connectivity index (χ0) is 12.1. The molecular formula is C12H16O3S. The number of carbonyl (C=O) groups excluding carboxylic acids is 1. The maximum absolute atomic E-state index is 11.9. The fraction of sp³-hybridized carbons (Fsp3) is 0.417. The second-order valence-corrected chi connectivity index (χ2v) is 5.45. The van der Waals surface area contributed by atoms with Crippen molar-refractivity contribution in [1.29, 1.82) is 0 Å². The Bertz CT molecular complexity index is 384. The molecule has 0 aliphatic heterocycles. The van der Waals surface area contributed by atoms with E-state index in [1.807, 2.05) is 6.92 Å². The number of hydrogen-bond acceptors (Lipinski definition) is 3. The second kappa shape index (κ2) is 5.80. The zero-order valence-electron chi connectivity index (χ0n) is 9.73. The van der Waals surface area contributed by atoms with Crippen LogP contribution in [0.5, 0.6) is 5.75 Å². The van der Waals surface area contributed by atoms with E-state index in [1.54, 1.807) is 38.3 Å². The average molecular weight is 240 g/mol. The summed E-state index contributed by atoms with van der Waals surface area (Å²) in [5.41, 5.74) is 0.579. The lowest BCUT2D eigenvalue weighted by Crippen LogP contribution is -2.23. The number of ketones is 1. The second-order valence-electron chi connectivity index (χ2n) is 3.40. The molecule has 0 aliphatic rings. The normalized spacial score (nSPS) is 14.2. The molecule has 0 N–H and O–H groups in total. The first-order valence-corrected chi connectivity index (χ1v) is 6.53. The van der Waals surface area contributed by atoms with Crippen LogP contribution < -0.4 is 4.74 Å². The molecule has 0 fully saturated rings. The Morgan fingerprint density at radius 1 is 1.38 bits per heavy atom. The van der Waals surface area contributed by atoms with Crippen molar-refractivity contribution in [3.63, 3.8) is 0 Å². The van der Waals surface area contributed by atoms with Crippen molar-refractivity contribution in [1.82, 2.24) is 0 Å². The highest BCUT2D eigenvalue weighted by Gasteiger charge is 2.19. The van der Waals surface area contributed by atoms with Crippen LogP contribution in [0.2, 0.25) is 0 Å². The van der Waals surface area contributed by atoms with Gasteiger partial charge in [0.15, 0.2) is 5.78 Å². The first-order chi connectivity index (χ1) is 7.60. The van der Waals surface area contributed by atoms with Gasteiger partial charge in [0, 0.05) is 22.1 Å². The molecule has 0 saturated heterocycles. The third-order valence-corrected chi connectivity index (χ3v) is 3.99. The van der Waals surface area contributed by atoms with Gasteiger partial charge in [-0.05, 0) is 31.2 Å². The molecule has 88 valence electrons. The van der Waals surface area contributed by atoms with Crippen molar-refractivity contribution >= 4 is 16.6 Å². The van der Waals surface area contributed by atoms with Gasteiger partial charge < -0.3 is 4.74 Å². The molecule has 2 unspecified atom stereocenters. The first-order valence-electron chi connectivity index (χ1n) is 5.15. The Morgan fingerprint density at radius 3 is 2.38 bits per heavy atom. The van der Waals surface area contributed by atoms with E-state index in [0.29, 0.717) is 17.1 Å². The monoisotopic (exact) mass is 240 g/mol. The van der Waals surface area contributed by atoms with Gasteiger partial charge in [0.25, 0.3) is 0 Å². The summed E-state index contributed by atoms with van der Waals surface area (Å²) in [6.07, 6.45) is 0. The fourth-order valence-electron chi connectivity index (χ4n) is 1.36. The van der Waals surface area contributed by atoms with Crippen molar-refractivity contribution in [3.05, 3.63) is 29.8 Å². The molecule has 16 heavy (non-hydrogen) atoms. The van der Waals surface area contributed by atoms with Crippen molar-refractivity contribution < 1.29 is 13.7 Å². The van der Waals surface area contributed by atoms with E-state index in [1.165, 1.54) is 0 Å². The van der Waals surface area contributed by atoms with Crippen LogP contribution in [0.4, 0.5) is 0 Å². The van der Waals surface area contributed by atoms with Crippen LogP contribution in [0.1, 0.15) is 24.2 Å². The summed E-state index contributed by atoms with van der Waals surface area (Å²) < 4.78 is 16.5. The molecular weight excluding hydrogens is 224 g/mol. The molecule has 4 heteroatoms. The molecule has 0 bridgehead atoms. The van der Waals surface area contributed by atoms with Crippen LogP contribution in [0, 0.1) is 0 Å². The van der Waals surface area contributed by atoms with Gasteiger partial charge in [0.2, 0.25) is 0 Å². The van der Waals surface area contributed by atoms with Crippen LogP contribution in [-0.2, 0) is 10.8 Å². The van der Waals surface area contributed by atoms with Gasteiger partial charge in [-0.2, -0.15) is 0 Å². The third kappa shape index (κ3) is 2.92. The summed E-state index contributed by atoms with van der Waals surface area (Å²) in [6.45, 7) is 3.51. The topological polar surface area (TPSA) is 43.4 Å². The summed E-state index contributed by atoms with van der Waals surface area (Å²) >= 11 is 0. The van der Waals surface area contributed by atoms with Crippen LogP contribution >= 0.6 is 0 Å². The lowest BCUT2D eigenvalue weighted by atomic mass is 10.1. The van der Waals surface area contributed by atoms with Gasteiger partial charge >= 0.3 is 0 Å². The van der Waals surface area contributed by atoms with Crippen LogP contribution in [-0.4, -0.2) is 28.1 Å². The van der Waals surface area contributed by atoms with Crippen LogP contribution in [0.15, 0.2) is 24.3 Å². The third-order valence-electron chi connectivity index (χ3n) is 2.42. The van der Waals surface area contributed by atoms with E-state index < -0.39 is 16.0 Å². The molecule has 1 aromatic rings. The van der Waals surface area contributed by atoms with Gasteiger partial charge in [-0.25, -0.2) is 0 Å². The Labute approximate surface area is 98.3 Å². The smallest absolute Gasteiger partial charge is 0.178 e. The van der Waals surface area contributed by atoms with Crippen molar-refractivity contribution in [2.75, 3.05) is 12.9 Å². The first kappa shape index (κ1) is 12.9. The molecule has 0 saturated carbocycles. The minimum atomic E-state index is -1.09. The largest absolute Gasteiger partial charge is 0.497 e. The van der Waals surface area contributed by atoms with E-state index in [2.05, 4.69) is 0 Å². The highest BCUT2D eigenvalue weighted by Crippen LogP contribution is 2.14. The van der Waals surface area contributed by atoms with Crippen LogP contribution in [0.3, 0.4) is 0 Å². The van der Waals surface area contributed by atoms with Gasteiger partial charge in [-0.3, -0.25) is 9.00 Å². The molecule has 0 heterocycles. The summed E-state index contributed by atoms with van der Waals surface area (Å²) in [6, 6.07) is 6.86. The SMILES string of the molecule is CCS(=O)C(C)C(=O)c1ccc(OC)cc1. The predicted molar refractivity (Wildman–Crippen MR) is 65.5 cm³/mol. The van der Waals surface area contributed by atoms with E-state index in [9.17, 15) is 9.00 Å². The Morgan fingerprint density at radius 2 is 1.94 bits per heavy atom. The molecule has 0 aromatic heterocycles. The van der Waals surface area contributed by atoms with E-state index >= 15 is 0 Å². The van der Waals surface area contributed by atoms with Crippen molar-refractivity contribution in [2.24, 2.45) is 0 Å². The summed E-state index contributed by atoms with van der Waals surface area (Å²) in [5.74, 6) is 1.13. The molecule has 3 nitrogen and oxygen atoms in total. The molecule has 1 aromatic carbocycles. The molecule has 0 amide bonds. The summed E-state index contributed by atoms with van der Waals surface area (Å²) in [4.78, 5) is 11.9. The number of hydrogen-bond donors (Lipinski definition) is 0. The number of ether oxygens (including phenoxy) is 1. The molecule has 1 rings (SSSR count). The quantitative estimate of drug-likeness (QED) is 0.740. The molecule has 0 aliphatic carbocycles. The van der Waals surface area contributed by atoms with Gasteiger partial charge in [-0.15, -0.1) is 0 Å². The maximum atomic E-state index is 11.9. The van der Waals surface area contributed by atoms with Crippen molar-refractivity contribution in [3.8, 4) is 5.75 Å². The summed E-state index contributed by atoms with van der Waals surface area (Å²) in [5, 5.41) is -0.446. The highest BCUT2D eigenvalue weighted by atomic mass is 32.2. The minimum absolute atomic E-state index is 0.0807. The van der Waals surface area contributed by atoms with Crippen molar-refractivity contribution in [2.45, 2.75) is 19.1 Å². The Kier molecular flexibility index (Phi) is 4.68. The fourth-order valence-corrected chi connectivity index (χ4v) is 2.23.